The fourth-order valence-electron chi connectivity index (χ4n) is 2.85. The van der Waals surface area contributed by atoms with Gasteiger partial charge in [-0.15, -0.1) is 0 Å². The van der Waals surface area contributed by atoms with Gasteiger partial charge >= 0.3 is 0 Å². The Kier molecular flexibility index (Phi) is 6.96. The summed E-state index contributed by atoms with van der Waals surface area (Å²) in [6.07, 6.45) is 1.80. The number of carbonyl (C=O) groups is 1. The highest BCUT2D eigenvalue weighted by atomic mass is 35.5. The highest BCUT2D eigenvalue weighted by Gasteiger charge is 2.19. The molecule has 0 saturated heterocycles. The van der Waals surface area contributed by atoms with Crippen LogP contribution < -0.4 is 14.4 Å². The molecule has 0 aliphatic rings. The van der Waals surface area contributed by atoms with Crippen molar-refractivity contribution in [1.82, 2.24) is 5.32 Å². The maximum absolute atomic E-state index is 12.7. The molecule has 1 N–H and O–H groups in total. The summed E-state index contributed by atoms with van der Waals surface area (Å²) in [6, 6.07) is 10.1. The number of sulfonamides is 1. The van der Waals surface area contributed by atoms with Gasteiger partial charge in [0.2, 0.25) is 10.0 Å². The van der Waals surface area contributed by atoms with Crippen molar-refractivity contribution >= 4 is 33.2 Å². The molecule has 2 aromatic rings. The number of rotatable bonds is 7. The van der Waals surface area contributed by atoms with E-state index in [1.54, 1.807) is 13.2 Å². The summed E-state index contributed by atoms with van der Waals surface area (Å²) in [5.74, 6) is 0.470. The highest BCUT2D eigenvalue weighted by molar-refractivity contribution is 7.92. The van der Waals surface area contributed by atoms with Crippen molar-refractivity contribution in [3.8, 4) is 5.75 Å². The van der Waals surface area contributed by atoms with Gasteiger partial charge < -0.3 is 10.1 Å². The van der Waals surface area contributed by atoms with E-state index in [1.165, 1.54) is 19.2 Å². The van der Waals surface area contributed by atoms with Crippen LogP contribution in [0.25, 0.3) is 0 Å². The SMILES string of the molecule is CC[C@H](NC(=O)c1ccc(N(C)S(C)(=O)=O)cc1Cl)c1ccc(OC)c(C)c1. The number of nitrogens with one attached hydrogen (secondary N) is 1. The van der Waals surface area contributed by atoms with Crippen LogP contribution in [0.1, 0.15) is 40.9 Å². The van der Waals surface area contributed by atoms with Crippen LogP contribution in [0, 0.1) is 6.92 Å². The molecule has 0 bridgehead atoms. The maximum Gasteiger partial charge on any atom is 0.253 e. The molecule has 0 radical (unpaired) electrons. The number of benzene rings is 2. The van der Waals surface area contributed by atoms with Gasteiger partial charge in [-0.3, -0.25) is 9.10 Å². The summed E-state index contributed by atoms with van der Waals surface area (Å²) in [6.45, 7) is 3.93. The average molecular weight is 425 g/mol. The molecule has 28 heavy (non-hydrogen) atoms. The normalized spacial score (nSPS) is 12.4. The van der Waals surface area contributed by atoms with E-state index < -0.39 is 10.0 Å². The van der Waals surface area contributed by atoms with Gasteiger partial charge in [-0.1, -0.05) is 30.7 Å². The number of methoxy groups -OCH3 is 1. The van der Waals surface area contributed by atoms with Gasteiger partial charge in [0.25, 0.3) is 5.91 Å². The second kappa shape index (κ2) is 8.84. The van der Waals surface area contributed by atoms with Crippen LogP contribution >= 0.6 is 11.6 Å². The Bertz CT molecular complexity index is 976. The lowest BCUT2D eigenvalue weighted by Crippen LogP contribution is -2.29. The third-order valence-corrected chi connectivity index (χ3v) is 6.11. The van der Waals surface area contributed by atoms with Gasteiger partial charge in [0, 0.05) is 7.05 Å². The molecule has 8 heteroatoms. The smallest absolute Gasteiger partial charge is 0.253 e. The van der Waals surface area contributed by atoms with E-state index >= 15 is 0 Å². The Morgan fingerprint density at radius 1 is 1.25 bits per heavy atom. The minimum atomic E-state index is -3.41. The summed E-state index contributed by atoms with van der Waals surface area (Å²) in [7, 11) is -0.361. The molecular weight excluding hydrogens is 400 g/mol. The van der Waals surface area contributed by atoms with Crippen molar-refractivity contribution in [2.75, 3.05) is 24.7 Å². The first-order valence-corrected chi connectivity index (χ1v) is 11.0. The van der Waals surface area contributed by atoms with Crippen LogP contribution in [0.15, 0.2) is 36.4 Å². The molecule has 0 spiro atoms. The number of ether oxygens (including phenoxy) is 1. The zero-order valence-electron chi connectivity index (χ0n) is 16.6. The third kappa shape index (κ3) is 4.97. The van der Waals surface area contributed by atoms with E-state index in [0.29, 0.717) is 12.1 Å². The summed E-state index contributed by atoms with van der Waals surface area (Å²) >= 11 is 6.26. The van der Waals surface area contributed by atoms with Crippen molar-refractivity contribution in [2.45, 2.75) is 26.3 Å². The monoisotopic (exact) mass is 424 g/mol. The van der Waals surface area contributed by atoms with Crippen molar-refractivity contribution in [3.05, 3.63) is 58.1 Å². The quantitative estimate of drug-likeness (QED) is 0.730. The number of amides is 1. The first-order valence-electron chi connectivity index (χ1n) is 8.77. The number of nitrogens with zero attached hydrogens (tertiary/aromatic N) is 1. The fraction of sp³-hybridized carbons (Fsp3) is 0.350. The van der Waals surface area contributed by atoms with Gasteiger partial charge in [0.05, 0.1) is 35.7 Å². The predicted octanol–water partition coefficient (Wildman–Crippen LogP) is 3.93. The van der Waals surface area contributed by atoms with Crippen molar-refractivity contribution in [1.29, 1.82) is 0 Å². The third-order valence-electron chi connectivity index (χ3n) is 4.59. The fourth-order valence-corrected chi connectivity index (χ4v) is 3.61. The van der Waals surface area contributed by atoms with E-state index in [-0.39, 0.29) is 22.5 Å². The molecule has 0 aliphatic carbocycles. The Morgan fingerprint density at radius 2 is 1.93 bits per heavy atom. The van der Waals surface area contributed by atoms with Crippen LogP contribution in [0.2, 0.25) is 5.02 Å². The Morgan fingerprint density at radius 3 is 2.43 bits per heavy atom. The van der Waals surface area contributed by atoms with Crippen molar-refractivity contribution in [3.63, 3.8) is 0 Å². The van der Waals surface area contributed by atoms with Crippen LogP contribution in [0.4, 0.5) is 5.69 Å². The molecule has 1 atom stereocenters. The molecule has 0 unspecified atom stereocenters. The van der Waals surface area contributed by atoms with E-state index in [0.717, 1.165) is 27.4 Å². The second-order valence-electron chi connectivity index (χ2n) is 6.56. The second-order valence-corrected chi connectivity index (χ2v) is 8.98. The molecule has 0 aromatic heterocycles. The van der Waals surface area contributed by atoms with Gasteiger partial charge in [0.1, 0.15) is 5.75 Å². The van der Waals surface area contributed by atoms with Gasteiger partial charge in [0.15, 0.2) is 0 Å². The van der Waals surface area contributed by atoms with Crippen LogP contribution in [0.3, 0.4) is 0 Å². The molecule has 152 valence electrons. The lowest BCUT2D eigenvalue weighted by molar-refractivity contribution is 0.0935. The van der Waals surface area contributed by atoms with Crippen LogP contribution in [0.5, 0.6) is 5.75 Å². The lowest BCUT2D eigenvalue weighted by Gasteiger charge is -2.20. The average Bonchev–Trinajstić information content (AvgIpc) is 2.64. The minimum Gasteiger partial charge on any atom is -0.496 e. The highest BCUT2D eigenvalue weighted by Crippen LogP contribution is 2.27. The molecule has 1 amide bonds. The van der Waals surface area contributed by atoms with Gasteiger partial charge in [-0.2, -0.15) is 0 Å². The van der Waals surface area contributed by atoms with Crippen LogP contribution in [-0.2, 0) is 10.0 Å². The number of carbonyl (C=O) groups excluding carboxylic acids is 1. The summed E-state index contributed by atoms with van der Waals surface area (Å²) in [4.78, 5) is 12.7. The largest absolute Gasteiger partial charge is 0.496 e. The topological polar surface area (TPSA) is 75.7 Å². The molecule has 0 saturated carbocycles. The Hall–Kier alpha value is -2.25. The Balaban J connectivity index is 2.24. The first kappa shape index (κ1) is 22.0. The number of aryl methyl sites for hydroxylation is 1. The first-order chi connectivity index (χ1) is 13.1. The van der Waals surface area contributed by atoms with Gasteiger partial charge in [-0.25, -0.2) is 8.42 Å². The number of anilines is 1. The number of hydrogen-bond acceptors (Lipinski definition) is 4. The summed E-state index contributed by atoms with van der Waals surface area (Å²) < 4.78 is 29.7. The number of halogens is 1. The summed E-state index contributed by atoms with van der Waals surface area (Å²) in [5.41, 5.74) is 2.63. The molecule has 2 rings (SSSR count). The molecule has 6 nitrogen and oxygen atoms in total. The zero-order valence-corrected chi connectivity index (χ0v) is 18.2. The molecule has 0 aliphatic heterocycles. The zero-order chi connectivity index (χ0) is 21.1. The standard InChI is InChI=1S/C20H25ClN2O4S/c1-6-18(14-7-10-19(27-4)13(2)11-14)22-20(24)16-9-8-15(12-17(16)21)23(3)28(5,25)26/h7-12,18H,6H2,1-5H3,(H,22,24)/t18-/m0/s1. The summed E-state index contributed by atoms with van der Waals surface area (Å²) in [5, 5.41) is 3.17. The van der Waals surface area contributed by atoms with E-state index in [1.807, 2.05) is 32.0 Å². The number of hydrogen-bond donors (Lipinski definition) is 1. The van der Waals surface area contributed by atoms with Crippen molar-refractivity contribution < 1.29 is 17.9 Å². The van der Waals surface area contributed by atoms with Crippen LogP contribution in [-0.4, -0.2) is 34.7 Å². The van der Waals surface area contributed by atoms with Crippen molar-refractivity contribution in [2.24, 2.45) is 0 Å². The maximum atomic E-state index is 12.7. The Labute approximate surface area is 171 Å². The predicted molar refractivity (Wildman–Crippen MR) is 113 cm³/mol. The molecule has 0 fully saturated rings. The van der Waals surface area contributed by atoms with Gasteiger partial charge in [-0.05, 0) is 48.7 Å². The molecular formula is C20H25ClN2O4S. The minimum absolute atomic E-state index is 0.186. The molecule has 0 heterocycles. The van der Waals surface area contributed by atoms with E-state index in [2.05, 4.69) is 5.32 Å². The lowest BCUT2D eigenvalue weighted by atomic mass is 10.0. The van der Waals surface area contributed by atoms with E-state index in [4.69, 9.17) is 16.3 Å². The van der Waals surface area contributed by atoms with E-state index in [9.17, 15) is 13.2 Å². The molecule has 2 aromatic carbocycles.